The Morgan fingerprint density at radius 1 is 1.00 bits per heavy atom. The zero-order valence-electron chi connectivity index (χ0n) is 9.67. The minimum absolute atomic E-state index is 0.715. The number of ether oxygens (including phenoxy) is 1. The van der Waals surface area contributed by atoms with E-state index in [0.29, 0.717) is 6.61 Å². The summed E-state index contributed by atoms with van der Waals surface area (Å²) in [4.78, 5) is 3.99. The molecule has 1 heterocycles. The van der Waals surface area contributed by atoms with Crippen molar-refractivity contribution >= 4 is 5.69 Å². The first-order chi connectivity index (χ1) is 8.34. The fourth-order valence-corrected chi connectivity index (χ4v) is 1.58. The van der Waals surface area contributed by atoms with E-state index in [-0.39, 0.29) is 0 Å². The summed E-state index contributed by atoms with van der Waals surface area (Å²) < 4.78 is 5.61. The molecule has 0 amide bonds. The van der Waals surface area contributed by atoms with Crippen LogP contribution in [-0.4, -0.2) is 11.6 Å². The molecule has 2 N–H and O–H groups in total. The molecule has 0 saturated carbocycles. The number of hydrogen-bond acceptors (Lipinski definition) is 3. The Bertz CT molecular complexity index is 440. The van der Waals surface area contributed by atoms with Crippen LogP contribution in [0.25, 0.3) is 0 Å². The van der Waals surface area contributed by atoms with Gasteiger partial charge in [0.05, 0.1) is 6.61 Å². The predicted octanol–water partition coefficient (Wildman–Crippen LogP) is 2.68. The highest BCUT2D eigenvalue weighted by Gasteiger charge is 1.95. The van der Waals surface area contributed by atoms with E-state index in [0.717, 1.165) is 24.3 Å². The maximum Gasteiger partial charge on any atom is 0.119 e. The summed E-state index contributed by atoms with van der Waals surface area (Å²) in [5, 5.41) is 0. The Labute approximate surface area is 101 Å². The minimum atomic E-state index is 0.715. The van der Waals surface area contributed by atoms with Crippen LogP contribution < -0.4 is 10.5 Å². The highest BCUT2D eigenvalue weighted by atomic mass is 16.5. The van der Waals surface area contributed by atoms with Gasteiger partial charge in [-0.2, -0.15) is 0 Å². The lowest BCUT2D eigenvalue weighted by molar-refractivity contribution is 0.311. The highest BCUT2D eigenvalue weighted by molar-refractivity contribution is 5.41. The Morgan fingerprint density at radius 3 is 2.41 bits per heavy atom. The number of anilines is 1. The monoisotopic (exact) mass is 228 g/mol. The SMILES string of the molecule is Nc1ccc(OCCCc2ccncc2)cc1. The van der Waals surface area contributed by atoms with Crippen molar-refractivity contribution in [1.29, 1.82) is 0 Å². The van der Waals surface area contributed by atoms with E-state index in [1.54, 1.807) is 0 Å². The molecule has 0 aliphatic heterocycles. The third-order valence-electron chi connectivity index (χ3n) is 2.51. The summed E-state index contributed by atoms with van der Waals surface area (Å²) in [5.74, 6) is 0.869. The number of benzene rings is 1. The summed E-state index contributed by atoms with van der Waals surface area (Å²) >= 11 is 0. The average molecular weight is 228 g/mol. The van der Waals surface area contributed by atoms with Crippen molar-refractivity contribution in [2.45, 2.75) is 12.8 Å². The number of hydrogen-bond donors (Lipinski definition) is 1. The van der Waals surface area contributed by atoms with Gasteiger partial charge in [-0.05, 0) is 54.8 Å². The molecule has 0 aliphatic carbocycles. The molecule has 0 atom stereocenters. The van der Waals surface area contributed by atoms with E-state index in [1.165, 1.54) is 5.56 Å². The molecule has 2 aromatic rings. The van der Waals surface area contributed by atoms with E-state index in [9.17, 15) is 0 Å². The molecule has 0 spiro atoms. The fourth-order valence-electron chi connectivity index (χ4n) is 1.58. The highest BCUT2D eigenvalue weighted by Crippen LogP contribution is 2.13. The molecule has 0 fully saturated rings. The van der Waals surface area contributed by atoms with Gasteiger partial charge in [-0.1, -0.05) is 0 Å². The molecule has 0 saturated heterocycles. The van der Waals surface area contributed by atoms with Gasteiger partial charge in [0.25, 0.3) is 0 Å². The lowest BCUT2D eigenvalue weighted by Gasteiger charge is -2.06. The van der Waals surface area contributed by atoms with Crippen molar-refractivity contribution in [3.63, 3.8) is 0 Å². The maximum absolute atomic E-state index is 5.61. The molecule has 0 bridgehead atoms. The summed E-state index contributed by atoms with van der Waals surface area (Å²) in [6.45, 7) is 0.715. The van der Waals surface area contributed by atoms with Crippen LogP contribution in [0.15, 0.2) is 48.8 Å². The van der Waals surface area contributed by atoms with Crippen LogP contribution in [0.4, 0.5) is 5.69 Å². The second kappa shape index (κ2) is 5.89. The number of aromatic nitrogens is 1. The molecule has 88 valence electrons. The standard InChI is InChI=1S/C14H16N2O/c15-13-3-5-14(6-4-13)17-11-1-2-12-7-9-16-10-8-12/h3-10H,1-2,11,15H2. The van der Waals surface area contributed by atoms with Crippen LogP contribution in [-0.2, 0) is 6.42 Å². The second-order valence-electron chi connectivity index (χ2n) is 3.88. The summed E-state index contributed by atoms with van der Waals surface area (Å²) in [5.41, 5.74) is 7.65. The maximum atomic E-state index is 5.61. The smallest absolute Gasteiger partial charge is 0.119 e. The van der Waals surface area contributed by atoms with Crippen molar-refractivity contribution in [2.24, 2.45) is 0 Å². The van der Waals surface area contributed by atoms with E-state index >= 15 is 0 Å². The first-order valence-electron chi connectivity index (χ1n) is 5.72. The third-order valence-corrected chi connectivity index (χ3v) is 2.51. The Kier molecular flexibility index (Phi) is 3.97. The van der Waals surface area contributed by atoms with Crippen molar-refractivity contribution in [1.82, 2.24) is 4.98 Å². The summed E-state index contributed by atoms with van der Waals surface area (Å²) in [7, 11) is 0. The van der Waals surface area contributed by atoms with Gasteiger partial charge in [0.1, 0.15) is 5.75 Å². The van der Waals surface area contributed by atoms with Gasteiger partial charge >= 0.3 is 0 Å². The van der Waals surface area contributed by atoms with E-state index < -0.39 is 0 Å². The number of pyridine rings is 1. The number of aryl methyl sites for hydroxylation is 1. The van der Waals surface area contributed by atoms with Gasteiger partial charge in [-0.25, -0.2) is 0 Å². The Morgan fingerprint density at radius 2 is 1.71 bits per heavy atom. The lowest BCUT2D eigenvalue weighted by atomic mass is 10.1. The normalized spacial score (nSPS) is 10.1. The van der Waals surface area contributed by atoms with Gasteiger partial charge in [0.15, 0.2) is 0 Å². The van der Waals surface area contributed by atoms with Gasteiger partial charge in [0.2, 0.25) is 0 Å². The van der Waals surface area contributed by atoms with Crippen molar-refractivity contribution in [3.05, 3.63) is 54.4 Å². The van der Waals surface area contributed by atoms with Crippen LogP contribution >= 0.6 is 0 Å². The van der Waals surface area contributed by atoms with Crippen LogP contribution in [0.1, 0.15) is 12.0 Å². The first kappa shape index (κ1) is 11.5. The predicted molar refractivity (Wildman–Crippen MR) is 68.9 cm³/mol. The number of nitrogens with two attached hydrogens (primary N) is 1. The molecule has 3 nitrogen and oxygen atoms in total. The molecule has 0 unspecified atom stereocenters. The summed E-state index contributed by atoms with van der Waals surface area (Å²) in [6, 6.07) is 11.5. The van der Waals surface area contributed by atoms with Crippen LogP contribution in [0.2, 0.25) is 0 Å². The molecular weight excluding hydrogens is 212 g/mol. The molecule has 2 rings (SSSR count). The lowest BCUT2D eigenvalue weighted by Crippen LogP contribution is -1.99. The van der Waals surface area contributed by atoms with Gasteiger partial charge < -0.3 is 10.5 Å². The molecule has 3 heteroatoms. The molecular formula is C14H16N2O. The Balaban J connectivity index is 1.71. The fraction of sp³-hybridized carbons (Fsp3) is 0.214. The van der Waals surface area contributed by atoms with Crippen molar-refractivity contribution in [2.75, 3.05) is 12.3 Å². The molecule has 0 aliphatic rings. The van der Waals surface area contributed by atoms with Crippen molar-refractivity contribution < 1.29 is 4.74 Å². The van der Waals surface area contributed by atoms with Gasteiger partial charge in [0, 0.05) is 18.1 Å². The van der Waals surface area contributed by atoms with Crippen LogP contribution in [0.3, 0.4) is 0 Å². The minimum Gasteiger partial charge on any atom is -0.494 e. The zero-order valence-corrected chi connectivity index (χ0v) is 9.67. The van der Waals surface area contributed by atoms with Gasteiger partial charge in [-0.15, -0.1) is 0 Å². The number of nitrogens with zero attached hydrogens (tertiary/aromatic N) is 1. The van der Waals surface area contributed by atoms with Crippen LogP contribution in [0, 0.1) is 0 Å². The molecule has 17 heavy (non-hydrogen) atoms. The average Bonchev–Trinajstić information content (AvgIpc) is 2.38. The van der Waals surface area contributed by atoms with Gasteiger partial charge in [-0.3, -0.25) is 4.98 Å². The summed E-state index contributed by atoms with van der Waals surface area (Å²) in [6.07, 6.45) is 5.64. The van der Waals surface area contributed by atoms with Crippen LogP contribution in [0.5, 0.6) is 5.75 Å². The molecule has 1 aromatic carbocycles. The molecule has 1 aromatic heterocycles. The van der Waals surface area contributed by atoms with E-state index in [2.05, 4.69) is 4.98 Å². The third kappa shape index (κ3) is 3.79. The zero-order chi connectivity index (χ0) is 11.9. The van der Waals surface area contributed by atoms with Crippen molar-refractivity contribution in [3.8, 4) is 5.75 Å². The quantitative estimate of drug-likeness (QED) is 0.632. The number of rotatable bonds is 5. The number of nitrogen functional groups attached to an aromatic ring is 1. The van der Waals surface area contributed by atoms with E-state index in [4.69, 9.17) is 10.5 Å². The largest absolute Gasteiger partial charge is 0.494 e. The second-order valence-corrected chi connectivity index (χ2v) is 3.88. The van der Waals surface area contributed by atoms with E-state index in [1.807, 2.05) is 48.8 Å². The molecule has 0 radical (unpaired) electrons. The first-order valence-corrected chi connectivity index (χ1v) is 5.72. The Hall–Kier alpha value is -2.03. The topological polar surface area (TPSA) is 48.1 Å².